The number of carbonyl (C=O) groups excluding carboxylic acids is 1. The Balaban J connectivity index is 2.22. The molecule has 0 aliphatic heterocycles. The van der Waals surface area contributed by atoms with Crippen molar-refractivity contribution in [1.82, 2.24) is 4.57 Å². The standard InChI is InChI=1S/C16H17NO2S/c1-11(18)13-8-9-14(15-7-4-10-20-15)17(16(13)19)12-5-2-3-6-12/h4,7-10,12H,2-3,5-6H2,1H3. The van der Waals surface area contributed by atoms with E-state index in [0.29, 0.717) is 5.56 Å². The van der Waals surface area contributed by atoms with Crippen molar-refractivity contribution in [3.63, 3.8) is 0 Å². The molecule has 1 aliphatic carbocycles. The van der Waals surface area contributed by atoms with Gasteiger partial charge in [-0.2, -0.15) is 0 Å². The fourth-order valence-corrected chi connectivity index (χ4v) is 3.72. The van der Waals surface area contributed by atoms with Gasteiger partial charge in [-0.05, 0) is 43.3 Å². The molecule has 0 radical (unpaired) electrons. The lowest BCUT2D eigenvalue weighted by Crippen LogP contribution is -2.29. The molecule has 0 saturated heterocycles. The lowest BCUT2D eigenvalue weighted by molar-refractivity contribution is 0.101. The molecule has 104 valence electrons. The molecule has 0 bridgehead atoms. The fourth-order valence-electron chi connectivity index (χ4n) is 2.97. The molecule has 4 heteroatoms. The van der Waals surface area contributed by atoms with Crippen LogP contribution in [0.25, 0.3) is 10.6 Å². The van der Waals surface area contributed by atoms with Crippen LogP contribution in [0.1, 0.15) is 49.0 Å². The normalized spacial score (nSPS) is 15.7. The second-order valence-corrected chi connectivity index (χ2v) is 6.23. The first kappa shape index (κ1) is 13.3. The minimum Gasteiger partial charge on any atom is -0.304 e. The van der Waals surface area contributed by atoms with Gasteiger partial charge in [-0.15, -0.1) is 11.3 Å². The minimum atomic E-state index is -0.153. The first-order valence-electron chi connectivity index (χ1n) is 6.99. The number of Topliss-reactive ketones (excluding diaryl/α,β-unsaturated/α-hetero) is 1. The summed E-state index contributed by atoms with van der Waals surface area (Å²) in [5.41, 5.74) is 1.12. The zero-order chi connectivity index (χ0) is 14.1. The van der Waals surface area contributed by atoms with E-state index in [1.54, 1.807) is 17.4 Å². The molecule has 0 amide bonds. The van der Waals surface area contributed by atoms with Gasteiger partial charge in [-0.1, -0.05) is 18.9 Å². The molecule has 2 heterocycles. The highest BCUT2D eigenvalue weighted by atomic mass is 32.1. The fraction of sp³-hybridized carbons (Fsp3) is 0.375. The zero-order valence-corrected chi connectivity index (χ0v) is 12.3. The van der Waals surface area contributed by atoms with Crippen LogP contribution in [0.5, 0.6) is 0 Å². The predicted molar refractivity (Wildman–Crippen MR) is 81.5 cm³/mol. The molecule has 20 heavy (non-hydrogen) atoms. The molecule has 2 aromatic rings. The van der Waals surface area contributed by atoms with Crippen molar-refractivity contribution in [2.45, 2.75) is 38.6 Å². The largest absolute Gasteiger partial charge is 0.304 e. The Kier molecular flexibility index (Phi) is 3.57. The Bertz CT molecular complexity index is 679. The third kappa shape index (κ3) is 2.24. The summed E-state index contributed by atoms with van der Waals surface area (Å²) in [5.74, 6) is -0.153. The summed E-state index contributed by atoms with van der Waals surface area (Å²) in [6, 6.07) is 7.84. The van der Waals surface area contributed by atoms with Crippen LogP contribution in [0.2, 0.25) is 0 Å². The van der Waals surface area contributed by atoms with E-state index >= 15 is 0 Å². The van der Waals surface area contributed by atoms with Crippen molar-refractivity contribution in [3.05, 3.63) is 45.6 Å². The molecular weight excluding hydrogens is 270 g/mol. The molecule has 3 rings (SSSR count). The number of pyridine rings is 1. The average molecular weight is 287 g/mol. The Labute approximate surface area is 121 Å². The van der Waals surface area contributed by atoms with Gasteiger partial charge in [0.1, 0.15) is 0 Å². The second-order valence-electron chi connectivity index (χ2n) is 5.28. The van der Waals surface area contributed by atoms with Crippen molar-refractivity contribution in [1.29, 1.82) is 0 Å². The predicted octanol–water partition coefficient (Wildman–Crippen LogP) is 3.89. The molecule has 1 saturated carbocycles. The van der Waals surface area contributed by atoms with E-state index in [4.69, 9.17) is 0 Å². The lowest BCUT2D eigenvalue weighted by atomic mass is 10.1. The number of aromatic nitrogens is 1. The van der Waals surface area contributed by atoms with Crippen LogP contribution in [0, 0.1) is 0 Å². The summed E-state index contributed by atoms with van der Waals surface area (Å²) in [5, 5.41) is 2.01. The smallest absolute Gasteiger partial charge is 0.262 e. The Hall–Kier alpha value is -1.68. The third-order valence-corrected chi connectivity index (χ3v) is 4.85. The number of hydrogen-bond donors (Lipinski definition) is 0. The summed E-state index contributed by atoms with van der Waals surface area (Å²) in [4.78, 5) is 25.4. The molecule has 3 nitrogen and oxygen atoms in total. The molecular formula is C16H17NO2S. The van der Waals surface area contributed by atoms with Gasteiger partial charge in [-0.3, -0.25) is 9.59 Å². The Morgan fingerprint density at radius 3 is 2.60 bits per heavy atom. The maximum atomic E-state index is 12.7. The highest BCUT2D eigenvalue weighted by molar-refractivity contribution is 7.13. The lowest BCUT2D eigenvalue weighted by Gasteiger charge is -2.19. The Morgan fingerprint density at radius 1 is 1.25 bits per heavy atom. The summed E-state index contributed by atoms with van der Waals surface area (Å²) in [7, 11) is 0. The van der Waals surface area contributed by atoms with Crippen LogP contribution in [-0.4, -0.2) is 10.4 Å². The van der Waals surface area contributed by atoms with Crippen molar-refractivity contribution < 1.29 is 4.79 Å². The molecule has 0 aromatic carbocycles. The average Bonchev–Trinajstić information content (AvgIpc) is 3.11. The van der Waals surface area contributed by atoms with Crippen LogP contribution in [0.3, 0.4) is 0 Å². The van der Waals surface area contributed by atoms with Crippen LogP contribution < -0.4 is 5.56 Å². The van der Waals surface area contributed by atoms with E-state index in [0.717, 1.165) is 36.3 Å². The van der Waals surface area contributed by atoms with Gasteiger partial charge in [0.2, 0.25) is 0 Å². The van der Waals surface area contributed by atoms with Gasteiger partial charge in [-0.25, -0.2) is 0 Å². The topological polar surface area (TPSA) is 39.1 Å². The molecule has 2 aromatic heterocycles. The van der Waals surface area contributed by atoms with E-state index in [1.165, 1.54) is 6.92 Å². The summed E-state index contributed by atoms with van der Waals surface area (Å²) in [6.45, 7) is 1.46. The summed E-state index contributed by atoms with van der Waals surface area (Å²) < 4.78 is 1.86. The van der Waals surface area contributed by atoms with Gasteiger partial charge in [0.25, 0.3) is 5.56 Å². The SMILES string of the molecule is CC(=O)c1ccc(-c2cccs2)n(C2CCCC2)c1=O. The van der Waals surface area contributed by atoms with Crippen LogP contribution in [0.15, 0.2) is 34.4 Å². The quantitative estimate of drug-likeness (QED) is 0.803. The molecule has 1 fully saturated rings. The first-order valence-corrected chi connectivity index (χ1v) is 7.87. The van der Waals surface area contributed by atoms with E-state index in [2.05, 4.69) is 0 Å². The van der Waals surface area contributed by atoms with Gasteiger partial charge >= 0.3 is 0 Å². The number of rotatable bonds is 3. The monoisotopic (exact) mass is 287 g/mol. The van der Waals surface area contributed by atoms with Crippen LogP contribution in [-0.2, 0) is 0 Å². The second kappa shape index (κ2) is 5.37. The number of nitrogens with zero attached hydrogens (tertiary/aromatic N) is 1. The van der Waals surface area contributed by atoms with Crippen molar-refractivity contribution in [3.8, 4) is 10.6 Å². The number of thiophene rings is 1. The third-order valence-electron chi connectivity index (χ3n) is 3.96. The van der Waals surface area contributed by atoms with Crippen molar-refractivity contribution in [2.24, 2.45) is 0 Å². The summed E-state index contributed by atoms with van der Waals surface area (Å²) in [6.07, 6.45) is 4.37. The highest BCUT2D eigenvalue weighted by Crippen LogP contribution is 2.33. The maximum absolute atomic E-state index is 12.7. The maximum Gasteiger partial charge on any atom is 0.262 e. The van der Waals surface area contributed by atoms with Gasteiger partial charge in [0.15, 0.2) is 5.78 Å². The Morgan fingerprint density at radius 2 is 2.00 bits per heavy atom. The van der Waals surface area contributed by atoms with E-state index in [-0.39, 0.29) is 17.4 Å². The molecule has 0 atom stereocenters. The van der Waals surface area contributed by atoms with Crippen LogP contribution in [0.4, 0.5) is 0 Å². The minimum absolute atomic E-state index is 0.129. The van der Waals surface area contributed by atoms with Gasteiger partial charge in [0, 0.05) is 6.04 Å². The summed E-state index contributed by atoms with van der Waals surface area (Å²) >= 11 is 1.63. The van der Waals surface area contributed by atoms with Crippen LogP contribution >= 0.6 is 11.3 Å². The molecule has 0 spiro atoms. The first-order chi connectivity index (χ1) is 9.68. The highest BCUT2D eigenvalue weighted by Gasteiger charge is 2.23. The van der Waals surface area contributed by atoms with E-state index in [9.17, 15) is 9.59 Å². The van der Waals surface area contributed by atoms with E-state index in [1.807, 2.05) is 28.1 Å². The van der Waals surface area contributed by atoms with E-state index < -0.39 is 0 Å². The van der Waals surface area contributed by atoms with Crippen molar-refractivity contribution >= 4 is 17.1 Å². The van der Waals surface area contributed by atoms with Gasteiger partial charge in [0.05, 0.1) is 16.1 Å². The number of hydrogen-bond acceptors (Lipinski definition) is 3. The molecule has 0 N–H and O–H groups in total. The van der Waals surface area contributed by atoms with Crippen molar-refractivity contribution in [2.75, 3.05) is 0 Å². The molecule has 0 unspecified atom stereocenters. The molecule has 1 aliphatic rings. The zero-order valence-electron chi connectivity index (χ0n) is 11.5. The number of carbonyl (C=O) groups is 1. The van der Waals surface area contributed by atoms with Gasteiger partial charge < -0.3 is 4.57 Å². The number of ketones is 1.